The van der Waals surface area contributed by atoms with Gasteiger partial charge < -0.3 is 5.32 Å². The van der Waals surface area contributed by atoms with Gasteiger partial charge in [-0.15, -0.1) is 0 Å². The van der Waals surface area contributed by atoms with Crippen molar-refractivity contribution in [1.82, 2.24) is 10.3 Å². The van der Waals surface area contributed by atoms with Crippen molar-refractivity contribution in [2.75, 3.05) is 7.05 Å². The Balaban J connectivity index is 1.72. The maximum absolute atomic E-state index is 4.40. The Morgan fingerprint density at radius 2 is 2.10 bits per heavy atom. The minimum Gasteiger partial charge on any atom is -0.313 e. The van der Waals surface area contributed by atoms with Crippen molar-refractivity contribution in [3.63, 3.8) is 0 Å². The van der Waals surface area contributed by atoms with E-state index < -0.39 is 0 Å². The summed E-state index contributed by atoms with van der Waals surface area (Å²) in [5.41, 5.74) is 2.48. The number of hydrogen-bond donors (Lipinski definition) is 1. The van der Waals surface area contributed by atoms with Crippen molar-refractivity contribution in [3.05, 3.63) is 42.1 Å². The summed E-state index contributed by atoms with van der Waals surface area (Å²) in [5.74, 6) is 0.966. The summed E-state index contributed by atoms with van der Waals surface area (Å²) in [7, 11) is 2.08. The van der Waals surface area contributed by atoms with Gasteiger partial charge in [0.05, 0.1) is 5.52 Å². The highest BCUT2D eigenvalue weighted by atomic mass is 14.9. The fraction of sp³-hybridized carbons (Fsp3) is 0.500. The first-order chi connectivity index (χ1) is 9.86. The number of rotatable bonds is 5. The van der Waals surface area contributed by atoms with Gasteiger partial charge in [-0.25, -0.2) is 0 Å². The zero-order valence-electron chi connectivity index (χ0n) is 12.3. The summed E-state index contributed by atoms with van der Waals surface area (Å²) in [4.78, 5) is 4.40. The molecule has 3 rings (SSSR count). The quantitative estimate of drug-likeness (QED) is 0.865. The summed E-state index contributed by atoms with van der Waals surface area (Å²) in [6.45, 7) is 0. The first kappa shape index (κ1) is 13.6. The zero-order chi connectivity index (χ0) is 13.8. The lowest BCUT2D eigenvalue weighted by atomic mass is 9.94. The Morgan fingerprint density at radius 1 is 1.25 bits per heavy atom. The van der Waals surface area contributed by atoms with Gasteiger partial charge in [0.25, 0.3) is 0 Å². The molecule has 0 amide bonds. The van der Waals surface area contributed by atoms with Crippen LogP contribution in [0.4, 0.5) is 0 Å². The molecule has 1 fully saturated rings. The van der Waals surface area contributed by atoms with E-state index in [2.05, 4.69) is 41.6 Å². The largest absolute Gasteiger partial charge is 0.313 e. The standard InChI is InChI=1S/C18H24N2/c1-19-17(10-8-14-5-2-3-6-14)16-9-11-18-15(13-16)7-4-12-20-18/h4,7,9,11-14,17,19H,2-3,5-6,8,10H2,1H3. The molecule has 1 unspecified atom stereocenters. The molecule has 2 heteroatoms. The fourth-order valence-electron chi connectivity index (χ4n) is 3.49. The van der Waals surface area contributed by atoms with Crippen LogP contribution in [0.3, 0.4) is 0 Å². The topological polar surface area (TPSA) is 24.9 Å². The number of benzene rings is 1. The van der Waals surface area contributed by atoms with Crippen molar-refractivity contribution >= 4 is 10.9 Å². The number of hydrogen-bond acceptors (Lipinski definition) is 2. The van der Waals surface area contributed by atoms with E-state index in [4.69, 9.17) is 0 Å². The van der Waals surface area contributed by atoms with Crippen molar-refractivity contribution in [2.24, 2.45) is 5.92 Å². The van der Waals surface area contributed by atoms with Gasteiger partial charge in [-0.3, -0.25) is 4.98 Å². The molecular formula is C18H24N2. The van der Waals surface area contributed by atoms with Crippen LogP contribution in [0.2, 0.25) is 0 Å². The Kier molecular flexibility index (Phi) is 4.31. The summed E-state index contributed by atoms with van der Waals surface area (Å²) in [6.07, 6.45) is 10.2. The Hall–Kier alpha value is -1.41. The third-order valence-corrected chi connectivity index (χ3v) is 4.72. The SMILES string of the molecule is CNC(CCC1CCCC1)c1ccc2ncccc2c1. The second-order valence-corrected chi connectivity index (χ2v) is 6.02. The average molecular weight is 268 g/mol. The van der Waals surface area contributed by atoms with Crippen molar-refractivity contribution in [2.45, 2.75) is 44.6 Å². The van der Waals surface area contributed by atoms with Crippen LogP contribution in [-0.4, -0.2) is 12.0 Å². The number of aromatic nitrogens is 1. The smallest absolute Gasteiger partial charge is 0.0702 e. The Labute approximate surface area is 121 Å². The van der Waals surface area contributed by atoms with Crippen LogP contribution in [0.5, 0.6) is 0 Å². The van der Waals surface area contributed by atoms with E-state index in [1.807, 2.05) is 12.3 Å². The summed E-state index contributed by atoms with van der Waals surface area (Å²) < 4.78 is 0. The predicted octanol–water partition coefficient (Wildman–Crippen LogP) is 4.47. The minimum absolute atomic E-state index is 0.472. The molecule has 1 saturated carbocycles. The Bertz CT molecular complexity index is 558. The number of nitrogens with zero attached hydrogens (tertiary/aromatic N) is 1. The average Bonchev–Trinajstić information content (AvgIpc) is 3.01. The molecule has 1 aromatic heterocycles. The van der Waals surface area contributed by atoms with Crippen LogP contribution in [0.25, 0.3) is 10.9 Å². The van der Waals surface area contributed by atoms with Gasteiger partial charge in [-0.05, 0) is 49.6 Å². The van der Waals surface area contributed by atoms with Gasteiger partial charge in [0.2, 0.25) is 0 Å². The third-order valence-electron chi connectivity index (χ3n) is 4.72. The van der Waals surface area contributed by atoms with E-state index >= 15 is 0 Å². The van der Waals surface area contributed by atoms with E-state index in [1.54, 1.807) is 0 Å². The molecule has 106 valence electrons. The van der Waals surface area contributed by atoms with Gasteiger partial charge in [-0.2, -0.15) is 0 Å². The van der Waals surface area contributed by atoms with Crippen molar-refractivity contribution in [1.29, 1.82) is 0 Å². The van der Waals surface area contributed by atoms with Gasteiger partial charge in [0, 0.05) is 17.6 Å². The molecule has 0 spiro atoms. The molecule has 1 aliphatic rings. The minimum atomic E-state index is 0.472. The zero-order valence-corrected chi connectivity index (χ0v) is 12.3. The Morgan fingerprint density at radius 3 is 2.90 bits per heavy atom. The summed E-state index contributed by atoms with van der Waals surface area (Å²) in [6, 6.07) is 11.3. The highest BCUT2D eigenvalue weighted by molar-refractivity contribution is 5.79. The fourth-order valence-corrected chi connectivity index (χ4v) is 3.49. The van der Waals surface area contributed by atoms with Crippen LogP contribution < -0.4 is 5.32 Å². The molecule has 0 aliphatic heterocycles. The molecule has 0 saturated heterocycles. The maximum atomic E-state index is 4.40. The van der Waals surface area contributed by atoms with Gasteiger partial charge in [-0.1, -0.05) is 37.8 Å². The van der Waals surface area contributed by atoms with E-state index in [0.717, 1.165) is 11.4 Å². The van der Waals surface area contributed by atoms with Crippen LogP contribution >= 0.6 is 0 Å². The maximum Gasteiger partial charge on any atom is 0.0702 e. The highest BCUT2D eigenvalue weighted by Gasteiger charge is 2.17. The molecule has 2 nitrogen and oxygen atoms in total. The highest BCUT2D eigenvalue weighted by Crippen LogP contribution is 2.31. The van der Waals surface area contributed by atoms with Gasteiger partial charge in [0.1, 0.15) is 0 Å². The molecule has 0 bridgehead atoms. The molecule has 1 atom stereocenters. The first-order valence-corrected chi connectivity index (χ1v) is 7.89. The molecule has 1 aromatic carbocycles. The van der Waals surface area contributed by atoms with Crippen molar-refractivity contribution in [3.8, 4) is 0 Å². The third kappa shape index (κ3) is 3.01. The molecular weight excluding hydrogens is 244 g/mol. The lowest BCUT2D eigenvalue weighted by molar-refractivity contribution is 0.427. The van der Waals surface area contributed by atoms with Gasteiger partial charge in [0.15, 0.2) is 0 Å². The van der Waals surface area contributed by atoms with E-state index in [9.17, 15) is 0 Å². The van der Waals surface area contributed by atoms with Crippen molar-refractivity contribution < 1.29 is 0 Å². The van der Waals surface area contributed by atoms with Crippen LogP contribution in [0.15, 0.2) is 36.5 Å². The van der Waals surface area contributed by atoms with Crippen LogP contribution in [0, 0.1) is 5.92 Å². The number of fused-ring (bicyclic) bond motifs is 1. The van der Waals surface area contributed by atoms with E-state index in [1.165, 1.54) is 49.5 Å². The van der Waals surface area contributed by atoms with Crippen LogP contribution in [-0.2, 0) is 0 Å². The molecule has 0 radical (unpaired) electrons. The molecule has 1 heterocycles. The van der Waals surface area contributed by atoms with E-state index in [-0.39, 0.29) is 0 Å². The monoisotopic (exact) mass is 268 g/mol. The first-order valence-electron chi connectivity index (χ1n) is 7.89. The number of nitrogens with one attached hydrogen (secondary N) is 1. The normalized spacial score (nSPS) is 17.6. The lowest BCUT2D eigenvalue weighted by Gasteiger charge is -2.19. The van der Waals surface area contributed by atoms with Gasteiger partial charge >= 0.3 is 0 Å². The molecule has 2 aromatic rings. The van der Waals surface area contributed by atoms with Crippen LogP contribution in [0.1, 0.15) is 50.1 Å². The van der Waals surface area contributed by atoms with E-state index in [0.29, 0.717) is 6.04 Å². The second kappa shape index (κ2) is 6.36. The number of pyridine rings is 1. The molecule has 1 aliphatic carbocycles. The second-order valence-electron chi connectivity index (χ2n) is 6.02. The lowest BCUT2D eigenvalue weighted by Crippen LogP contribution is -2.17. The summed E-state index contributed by atoms with van der Waals surface area (Å²) >= 11 is 0. The molecule has 20 heavy (non-hydrogen) atoms. The molecule has 1 N–H and O–H groups in total. The predicted molar refractivity (Wildman–Crippen MR) is 84.7 cm³/mol. The summed E-state index contributed by atoms with van der Waals surface area (Å²) in [5, 5.41) is 4.73.